The lowest BCUT2D eigenvalue weighted by Crippen LogP contribution is -2.29. The molecule has 2 aromatic rings. The molecule has 0 radical (unpaired) electrons. The Hall–Kier alpha value is -2.13. The van der Waals surface area contributed by atoms with Crippen LogP contribution >= 0.6 is 0 Å². The van der Waals surface area contributed by atoms with Gasteiger partial charge in [0.05, 0.1) is 24.7 Å². The maximum atomic E-state index is 12.6. The van der Waals surface area contributed by atoms with Crippen LogP contribution in [0.25, 0.3) is 0 Å². The number of rotatable bonds is 8. The third kappa shape index (κ3) is 3.85. The first-order chi connectivity index (χ1) is 11.4. The van der Waals surface area contributed by atoms with Gasteiger partial charge in [0.15, 0.2) is 5.82 Å². The van der Waals surface area contributed by atoms with Crippen molar-refractivity contribution in [2.45, 2.75) is 38.3 Å². The van der Waals surface area contributed by atoms with Gasteiger partial charge in [-0.3, -0.25) is 4.57 Å². The van der Waals surface area contributed by atoms with Crippen LogP contribution in [0.2, 0.25) is 0 Å². The Labute approximate surface area is 141 Å². The third-order valence-corrected chi connectivity index (χ3v) is 4.94. The number of aromatic nitrogens is 3. The van der Waals surface area contributed by atoms with Gasteiger partial charge in [0.2, 0.25) is 10.0 Å². The van der Waals surface area contributed by atoms with Gasteiger partial charge in [-0.05, 0) is 32.9 Å². The summed E-state index contributed by atoms with van der Waals surface area (Å²) in [6.45, 7) is 6.51. The first kappa shape index (κ1) is 18.2. The molecule has 0 saturated heterocycles. The van der Waals surface area contributed by atoms with E-state index in [1.54, 1.807) is 23.6 Å². The quantitative estimate of drug-likeness (QED) is 0.776. The van der Waals surface area contributed by atoms with Gasteiger partial charge >= 0.3 is 6.01 Å². The number of sulfonamides is 1. The highest BCUT2D eigenvalue weighted by molar-refractivity contribution is 7.89. The van der Waals surface area contributed by atoms with Crippen molar-refractivity contribution >= 4 is 10.0 Å². The summed E-state index contributed by atoms with van der Waals surface area (Å²) < 4.78 is 39.9. The van der Waals surface area contributed by atoms with Crippen LogP contribution in [0.5, 0.6) is 11.8 Å². The lowest BCUT2D eigenvalue weighted by molar-refractivity contribution is 0.294. The second kappa shape index (κ2) is 7.63. The van der Waals surface area contributed by atoms with Crippen LogP contribution in [0.1, 0.15) is 32.6 Å². The molecular formula is C15H22N4O4S. The highest BCUT2D eigenvalue weighted by atomic mass is 32.2. The fourth-order valence-electron chi connectivity index (χ4n) is 2.28. The summed E-state index contributed by atoms with van der Waals surface area (Å²) in [6.07, 6.45) is 0. The molecule has 1 N–H and O–H groups in total. The minimum absolute atomic E-state index is 0.126. The van der Waals surface area contributed by atoms with E-state index in [2.05, 4.69) is 14.9 Å². The summed E-state index contributed by atoms with van der Waals surface area (Å²) in [5, 5.41) is 8.02. The Balaban J connectivity index is 2.26. The molecule has 132 valence electrons. The number of nitrogens with zero attached hydrogens (tertiary/aromatic N) is 3. The van der Waals surface area contributed by atoms with Gasteiger partial charge in [-0.2, -0.15) is 0 Å². The molecule has 0 aliphatic heterocycles. The summed E-state index contributed by atoms with van der Waals surface area (Å²) in [7, 11) is -2.23. The van der Waals surface area contributed by atoms with Crippen molar-refractivity contribution in [3.8, 4) is 11.8 Å². The maximum Gasteiger partial charge on any atom is 0.316 e. The minimum atomic E-state index is -3.72. The molecule has 2 rings (SSSR count). The van der Waals surface area contributed by atoms with E-state index in [1.807, 2.05) is 13.8 Å². The zero-order valence-electron chi connectivity index (χ0n) is 14.2. The normalized spacial score (nSPS) is 12.8. The van der Waals surface area contributed by atoms with E-state index < -0.39 is 16.1 Å². The van der Waals surface area contributed by atoms with Crippen LogP contribution < -0.4 is 14.2 Å². The lowest BCUT2D eigenvalue weighted by Gasteiger charge is -2.15. The van der Waals surface area contributed by atoms with Gasteiger partial charge in [0, 0.05) is 12.6 Å². The van der Waals surface area contributed by atoms with Crippen molar-refractivity contribution < 1.29 is 17.9 Å². The fraction of sp³-hybridized carbons (Fsp3) is 0.467. The molecular weight excluding hydrogens is 332 g/mol. The van der Waals surface area contributed by atoms with Crippen molar-refractivity contribution in [1.29, 1.82) is 0 Å². The van der Waals surface area contributed by atoms with Crippen LogP contribution in [0.4, 0.5) is 0 Å². The van der Waals surface area contributed by atoms with Crippen LogP contribution in [-0.2, 0) is 16.6 Å². The van der Waals surface area contributed by atoms with E-state index >= 15 is 0 Å². The standard InChI is InChI=1S/C15H22N4O4S/c1-5-19-14(16-17-15(19)23-6-2)11(3)18-24(20,21)13-9-7-8-12(10-13)22-4/h7-11,18H,5-6H2,1-4H3/t11-/m1/s1. The smallest absolute Gasteiger partial charge is 0.316 e. The highest BCUT2D eigenvalue weighted by Gasteiger charge is 2.24. The zero-order chi connectivity index (χ0) is 17.7. The molecule has 8 nitrogen and oxygen atoms in total. The predicted molar refractivity (Wildman–Crippen MR) is 88.6 cm³/mol. The number of ether oxygens (including phenoxy) is 2. The van der Waals surface area contributed by atoms with Gasteiger partial charge in [-0.1, -0.05) is 11.2 Å². The van der Waals surface area contributed by atoms with E-state index in [0.29, 0.717) is 30.7 Å². The van der Waals surface area contributed by atoms with Crippen molar-refractivity contribution in [3.05, 3.63) is 30.1 Å². The van der Waals surface area contributed by atoms with Crippen LogP contribution in [0, 0.1) is 0 Å². The van der Waals surface area contributed by atoms with Crippen molar-refractivity contribution in [2.24, 2.45) is 0 Å². The highest BCUT2D eigenvalue weighted by Crippen LogP contribution is 2.21. The topological polar surface area (TPSA) is 95.3 Å². The predicted octanol–water partition coefficient (Wildman–Crippen LogP) is 1.74. The number of hydrogen-bond acceptors (Lipinski definition) is 6. The number of hydrogen-bond donors (Lipinski definition) is 1. The Kier molecular flexibility index (Phi) is 5.79. The van der Waals surface area contributed by atoms with Crippen molar-refractivity contribution in [1.82, 2.24) is 19.5 Å². The first-order valence-corrected chi connectivity index (χ1v) is 9.13. The van der Waals surface area contributed by atoms with E-state index in [9.17, 15) is 8.42 Å². The summed E-state index contributed by atoms with van der Waals surface area (Å²) >= 11 is 0. The third-order valence-electron chi connectivity index (χ3n) is 3.41. The van der Waals surface area contributed by atoms with Crippen molar-refractivity contribution in [3.63, 3.8) is 0 Å². The monoisotopic (exact) mass is 354 g/mol. The average Bonchev–Trinajstić information content (AvgIpc) is 2.97. The minimum Gasteiger partial charge on any atom is -0.497 e. The van der Waals surface area contributed by atoms with E-state index in [-0.39, 0.29) is 4.90 Å². The molecule has 0 aliphatic rings. The average molecular weight is 354 g/mol. The van der Waals surface area contributed by atoms with E-state index in [1.165, 1.54) is 19.2 Å². The van der Waals surface area contributed by atoms with Gasteiger partial charge < -0.3 is 9.47 Å². The second-order valence-electron chi connectivity index (χ2n) is 5.04. The summed E-state index contributed by atoms with van der Waals surface area (Å²) in [4.78, 5) is 0.126. The molecule has 1 aromatic carbocycles. The molecule has 0 bridgehead atoms. The summed E-state index contributed by atoms with van der Waals surface area (Å²) in [5.41, 5.74) is 0. The van der Waals surface area contributed by atoms with Crippen LogP contribution in [0.3, 0.4) is 0 Å². The molecule has 0 spiro atoms. The summed E-state index contributed by atoms with van der Waals surface area (Å²) in [6, 6.07) is 6.09. The molecule has 9 heteroatoms. The fourth-order valence-corrected chi connectivity index (χ4v) is 3.51. The maximum absolute atomic E-state index is 12.6. The molecule has 0 saturated carbocycles. The SMILES string of the molecule is CCOc1nnc([C@@H](C)NS(=O)(=O)c2cccc(OC)c2)n1CC. The van der Waals surface area contributed by atoms with E-state index in [4.69, 9.17) is 9.47 Å². The zero-order valence-corrected chi connectivity index (χ0v) is 15.0. The van der Waals surface area contributed by atoms with Gasteiger partial charge in [0.25, 0.3) is 0 Å². The molecule has 0 unspecified atom stereocenters. The van der Waals surface area contributed by atoms with Crippen LogP contribution in [-0.4, -0.2) is 36.9 Å². The second-order valence-corrected chi connectivity index (χ2v) is 6.75. The molecule has 0 amide bonds. The first-order valence-electron chi connectivity index (χ1n) is 7.65. The van der Waals surface area contributed by atoms with Gasteiger partial charge in [-0.25, -0.2) is 13.1 Å². The number of methoxy groups -OCH3 is 1. The number of nitrogens with one attached hydrogen (secondary N) is 1. The van der Waals surface area contributed by atoms with Gasteiger partial charge in [0.1, 0.15) is 5.75 Å². The molecule has 24 heavy (non-hydrogen) atoms. The van der Waals surface area contributed by atoms with Gasteiger partial charge in [-0.15, -0.1) is 5.10 Å². The number of benzene rings is 1. The lowest BCUT2D eigenvalue weighted by atomic mass is 10.3. The molecule has 1 heterocycles. The molecule has 0 fully saturated rings. The Morgan fingerprint density at radius 2 is 2.04 bits per heavy atom. The molecule has 1 atom stereocenters. The molecule has 1 aromatic heterocycles. The van der Waals surface area contributed by atoms with Crippen molar-refractivity contribution in [2.75, 3.05) is 13.7 Å². The molecule has 0 aliphatic carbocycles. The summed E-state index contributed by atoms with van der Waals surface area (Å²) in [5.74, 6) is 0.966. The Morgan fingerprint density at radius 3 is 2.67 bits per heavy atom. The Bertz CT molecular complexity index is 789. The Morgan fingerprint density at radius 1 is 1.29 bits per heavy atom. The van der Waals surface area contributed by atoms with Crippen LogP contribution in [0.15, 0.2) is 29.2 Å². The van der Waals surface area contributed by atoms with E-state index in [0.717, 1.165) is 0 Å². The largest absolute Gasteiger partial charge is 0.497 e.